The lowest BCUT2D eigenvalue weighted by Gasteiger charge is -2.05. The molecule has 0 saturated heterocycles. The Bertz CT molecular complexity index is 583. The molecule has 0 saturated carbocycles. The van der Waals surface area contributed by atoms with Crippen LogP contribution in [-0.4, -0.2) is 22.2 Å². The number of hydrogen-bond acceptors (Lipinski definition) is 3. The van der Waals surface area contributed by atoms with Crippen molar-refractivity contribution in [3.8, 4) is 0 Å². The molecule has 0 spiro atoms. The zero-order valence-electron chi connectivity index (χ0n) is 16.6. The Hall–Kier alpha value is -0.865. The fraction of sp³-hybridized carbons (Fsp3) is 0.444. The number of rotatable bonds is 3. The average Bonchev–Trinajstić information content (AvgIpc) is 2.35. The van der Waals surface area contributed by atoms with E-state index >= 15 is 0 Å². The van der Waals surface area contributed by atoms with Crippen molar-refractivity contribution in [3.05, 3.63) is 23.5 Å². The molecule has 4 heteroatoms. The fourth-order valence-corrected chi connectivity index (χ4v) is 0.785. The van der Waals surface area contributed by atoms with E-state index in [9.17, 15) is 0 Å². The van der Waals surface area contributed by atoms with E-state index in [-0.39, 0.29) is 0 Å². The first kappa shape index (κ1) is 3.07. The number of pyridine rings is 1. The average molecular weight is 189 g/mol. The van der Waals surface area contributed by atoms with Crippen LogP contribution in [0.15, 0.2) is 12.3 Å². The van der Waals surface area contributed by atoms with Gasteiger partial charge >= 0.3 is 7.12 Å². The Balaban J connectivity index is 3.70. The molecule has 0 aromatic carbocycles. The summed E-state index contributed by atoms with van der Waals surface area (Å²) in [5, 5.41) is 18.2. The Kier molecular flexibility index (Phi) is 1.04. The summed E-state index contributed by atoms with van der Waals surface area (Å²) in [6.45, 7) is -6.34. The summed E-state index contributed by atoms with van der Waals surface area (Å²) in [7, 11) is -2.11. The molecule has 13 heavy (non-hydrogen) atoms. The molecule has 0 amide bonds. The van der Waals surface area contributed by atoms with Crippen LogP contribution < -0.4 is 5.46 Å². The first-order chi connectivity index (χ1) is 10.0. The van der Waals surface area contributed by atoms with Gasteiger partial charge in [0.1, 0.15) is 0 Å². The summed E-state index contributed by atoms with van der Waals surface area (Å²) < 4.78 is 74.4. The van der Waals surface area contributed by atoms with Crippen molar-refractivity contribution in [2.24, 2.45) is 0 Å². The third-order valence-electron chi connectivity index (χ3n) is 1.40. The first-order valence-electron chi connectivity index (χ1n) is 8.40. The van der Waals surface area contributed by atoms with E-state index in [4.69, 9.17) is 23.8 Å². The van der Waals surface area contributed by atoms with Crippen LogP contribution in [0.2, 0.25) is 0 Å². The quantitative estimate of drug-likeness (QED) is 0.659. The second kappa shape index (κ2) is 4.39. The number of nitrogens with zero attached hydrogens (tertiary/aromatic N) is 1. The van der Waals surface area contributed by atoms with Crippen LogP contribution in [0.1, 0.15) is 38.2 Å². The van der Waals surface area contributed by atoms with Crippen molar-refractivity contribution in [3.63, 3.8) is 0 Å². The maximum Gasteiger partial charge on any atom is 0.490 e. The van der Waals surface area contributed by atoms with Gasteiger partial charge in [0.2, 0.25) is 0 Å². The van der Waals surface area contributed by atoms with E-state index in [1.807, 2.05) is 0 Å². The first-order valence-corrected chi connectivity index (χ1v) is 3.40. The standard InChI is InChI=1S/C9H14BNO2/c1-3-4-8-5-9(10(12)13)6-11-7(8)2/h5-6,12-13H,3-4H2,1-2H3/i1D3,2D3,3D2,4D2. The van der Waals surface area contributed by atoms with E-state index in [0.29, 0.717) is 6.07 Å². The van der Waals surface area contributed by atoms with Gasteiger partial charge in [-0.05, 0) is 18.8 Å². The summed E-state index contributed by atoms with van der Waals surface area (Å²) in [6, 6.07) is 0.697. The summed E-state index contributed by atoms with van der Waals surface area (Å²) in [6.07, 6.45) is -5.93. The molecule has 0 radical (unpaired) electrons. The number of aryl methyl sites for hydroxylation is 2. The number of aromatic nitrogens is 1. The van der Waals surface area contributed by atoms with E-state index in [1.54, 1.807) is 0 Å². The Morgan fingerprint density at radius 2 is 2.54 bits per heavy atom. The topological polar surface area (TPSA) is 53.4 Å². The summed E-state index contributed by atoms with van der Waals surface area (Å²) in [5.41, 5.74) is -2.11. The Morgan fingerprint density at radius 3 is 3.15 bits per heavy atom. The third kappa shape index (κ3) is 2.54. The third-order valence-corrected chi connectivity index (χ3v) is 1.40. The molecule has 70 valence electrons. The van der Waals surface area contributed by atoms with E-state index < -0.39 is 50.3 Å². The van der Waals surface area contributed by atoms with Crippen LogP contribution in [-0.2, 0) is 6.37 Å². The summed E-state index contributed by atoms with van der Waals surface area (Å²) in [5.74, 6) is 0. The second-order valence-electron chi connectivity index (χ2n) is 2.29. The van der Waals surface area contributed by atoms with Gasteiger partial charge in [-0.3, -0.25) is 4.98 Å². The van der Waals surface area contributed by atoms with Crippen LogP contribution in [0.25, 0.3) is 0 Å². The fourth-order valence-electron chi connectivity index (χ4n) is 0.785. The largest absolute Gasteiger partial charge is 0.490 e. The van der Waals surface area contributed by atoms with Crippen molar-refractivity contribution in [1.82, 2.24) is 4.98 Å². The molecular formula is C9H14BNO2. The van der Waals surface area contributed by atoms with E-state index in [1.165, 1.54) is 0 Å². The normalized spacial score (nSPS) is 25.7. The Morgan fingerprint density at radius 1 is 1.69 bits per heavy atom. The van der Waals surface area contributed by atoms with Gasteiger partial charge in [0.25, 0.3) is 0 Å². The summed E-state index contributed by atoms with van der Waals surface area (Å²) in [4.78, 5) is 3.46. The molecular weight excluding hydrogens is 165 g/mol. The van der Waals surface area contributed by atoms with Gasteiger partial charge in [-0.2, -0.15) is 0 Å². The summed E-state index contributed by atoms with van der Waals surface area (Å²) >= 11 is 0. The number of hydrogen-bond donors (Lipinski definition) is 2. The highest BCUT2D eigenvalue weighted by molar-refractivity contribution is 6.58. The minimum atomic E-state index is -3.44. The van der Waals surface area contributed by atoms with Crippen LogP contribution in [0.3, 0.4) is 0 Å². The zero-order valence-corrected chi connectivity index (χ0v) is 6.57. The van der Waals surface area contributed by atoms with Gasteiger partial charge in [-0.25, -0.2) is 0 Å². The van der Waals surface area contributed by atoms with Gasteiger partial charge in [-0.1, -0.05) is 19.3 Å². The lowest BCUT2D eigenvalue weighted by Crippen LogP contribution is -2.30. The van der Waals surface area contributed by atoms with Crippen LogP contribution in [0.4, 0.5) is 0 Å². The van der Waals surface area contributed by atoms with Crippen LogP contribution in [0, 0.1) is 6.85 Å². The predicted octanol–water partition coefficient (Wildman–Crippen LogP) is 0.0223. The lowest BCUT2D eigenvalue weighted by molar-refractivity contribution is 0.425. The van der Waals surface area contributed by atoms with Crippen LogP contribution >= 0.6 is 0 Å². The Labute approximate surface area is 92.6 Å². The second-order valence-corrected chi connectivity index (χ2v) is 2.29. The highest BCUT2D eigenvalue weighted by Gasteiger charge is 2.12. The zero-order chi connectivity index (χ0) is 18.4. The van der Waals surface area contributed by atoms with E-state index in [2.05, 4.69) is 4.98 Å². The van der Waals surface area contributed by atoms with Crippen molar-refractivity contribution < 1.29 is 23.8 Å². The van der Waals surface area contributed by atoms with Crippen molar-refractivity contribution in [2.45, 2.75) is 26.4 Å². The molecule has 0 fully saturated rings. The highest BCUT2D eigenvalue weighted by Crippen LogP contribution is 2.05. The molecule has 1 aromatic heterocycles. The van der Waals surface area contributed by atoms with Gasteiger partial charge < -0.3 is 10.0 Å². The van der Waals surface area contributed by atoms with Gasteiger partial charge in [0.05, 0.1) is 0 Å². The van der Waals surface area contributed by atoms with Crippen molar-refractivity contribution in [1.29, 1.82) is 0 Å². The molecule has 0 unspecified atom stereocenters. The predicted molar refractivity (Wildman–Crippen MR) is 52.8 cm³/mol. The van der Waals surface area contributed by atoms with Gasteiger partial charge in [0, 0.05) is 31.1 Å². The van der Waals surface area contributed by atoms with Gasteiger partial charge in [-0.15, -0.1) is 0 Å². The molecule has 0 aliphatic heterocycles. The lowest BCUT2D eigenvalue weighted by atomic mass is 9.80. The van der Waals surface area contributed by atoms with E-state index in [0.717, 1.165) is 6.20 Å². The molecule has 0 aliphatic carbocycles. The maximum absolute atomic E-state index is 9.12. The molecule has 1 aromatic rings. The molecule has 0 atom stereocenters. The molecule has 0 bridgehead atoms. The molecule has 1 heterocycles. The highest BCUT2D eigenvalue weighted by atomic mass is 16.4. The maximum atomic E-state index is 9.12. The smallest absolute Gasteiger partial charge is 0.423 e. The molecule has 2 N–H and O–H groups in total. The molecule has 1 rings (SSSR count). The SMILES string of the molecule is [2H]C([2H])([2H])c1ncc(B(O)O)cc1C([2H])([2H])C([2H])([2H])C([2H])([2H])[2H]. The van der Waals surface area contributed by atoms with Crippen LogP contribution in [0.5, 0.6) is 0 Å². The van der Waals surface area contributed by atoms with Gasteiger partial charge in [0.15, 0.2) is 0 Å². The minimum absolute atomic E-state index is 0.391. The minimum Gasteiger partial charge on any atom is -0.423 e. The van der Waals surface area contributed by atoms with Crippen molar-refractivity contribution >= 4 is 12.6 Å². The molecule has 0 aliphatic rings. The van der Waals surface area contributed by atoms with Crippen molar-refractivity contribution in [2.75, 3.05) is 0 Å². The molecule has 3 nitrogen and oxygen atoms in total. The monoisotopic (exact) mass is 189 g/mol.